The van der Waals surface area contributed by atoms with E-state index in [1.54, 1.807) is 17.4 Å². The van der Waals surface area contributed by atoms with Gasteiger partial charge in [-0.15, -0.1) is 11.3 Å². The molecule has 0 unspecified atom stereocenters. The topological polar surface area (TPSA) is 29.1 Å². The van der Waals surface area contributed by atoms with Crippen LogP contribution in [0.1, 0.15) is 31.2 Å². The molecule has 3 rings (SSSR count). The second-order valence-electron chi connectivity index (χ2n) is 7.92. The van der Waals surface area contributed by atoms with Gasteiger partial charge in [-0.1, -0.05) is 73.8 Å². The first-order valence-electron chi connectivity index (χ1n) is 9.20. The molecule has 1 N–H and O–H groups in total. The van der Waals surface area contributed by atoms with E-state index in [1.165, 1.54) is 0 Å². The third kappa shape index (κ3) is 4.97. The van der Waals surface area contributed by atoms with E-state index in [-0.39, 0.29) is 5.91 Å². The highest BCUT2D eigenvalue weighted by molar-refractivity contribution is 7.16. The molecule has 0 spiro atoms. The summed E-state index contributed by atoms with van der Waals surface area (Å²) in [6, 6.07) is 13.3. The Morgan fingerprint density at radius 1 is 1.00 bits per heavy atom. The maximum Gasteiger partial charge on any atom is 0.225 e. The molecule has 0 saturated carbocycles. The lowest BCUT2D eigenvalue weighted by molar-refractivity contribution is -0.128. The molecule has 6 heteroatoms. The van der Waals surface area contributed by atoms with Gasteiger partial charge in [-0.3, -0.25) is 4.79 Å². The van der Waals surface area contributed by atoms with E-state index in [0.29, 0.717) is 21.6 Å². The quantitative estimate of drug-likeness (QED) is 0.414. The summed E-state index contributed by atoms with van der Waals surface area (Å²) in [5.74, 6) is 0.0180. The first kappa shape index (κ1) is 22.2. The highest BCUT2D eigenvalue weighted by Gasteiger charge is 2.23. The number of hydrogen-bond acceptors (Lipinski definition) is 2. The van der Waals surface area contributed by atoms with Gasteiger partial charge in [0.1, 0.15) is 0 Å². The number of amides is 1. The van der Waals surface area contributed by atoms with Gasteiger partial charge >= 0.3 is 0 Å². The van der Waals surface area contributed by atoms with E-state index in [4.69, 9.17) is 34.8 Å². The summed E-state index contributed by atoms with van der Waals surface area (Å²) in [4.78, 5) is 14.5. The smallest absolute Gasteiger partial charge is 0.225 e. The Morgan fingerprint density at radius 3 is 2.21 bits per heavy atom. The van der Waals surface area contributed by atoms with Crippen LogP contribution in [-0.4, -0.2) is 5.91 Å². The molecule has 2 aromatic carbocycles. The van der Waals surface area contributed by atoms with Crippen LogP contribution in [0.25, 0.3) is 21.6 Å². The van der Waals surface area contributed by atoms with Crippen LogP contribution in [0, 0.1) is 12.3 Å². The Labute approximate surface area is 190 Å². The van der Waals surface area contributed by atoms with E-state index < -0.39 is 5.41 Å². The predicted molar refractivity (Wildman–Crippen MR) is 126 cm³/mol. The normalized spacial score (nSPS) is 11.6. The molecule has 152 valence electrons. The Bertz CT molecular complexity index is 1050. The first-order chi connectivity index (χ1) is 13.6. The molecule has 1 amide bonds. The fraction of sp³-hybridized carbons (Fsp3) is 0.261. The minimum atomic E-state index is -0.438. The van der Waals surface area contributed by atoms with Gasteiger partial charge < -0.3 is 5.32 Å². The number of nitrogens with one attached hydrogen (secondary N) is 1. The third-order valence-corrected chi connectivity index (χ3v) is 6.77. The second kappa shape index (κ2) is 8.69. The van der Waals surface area contributed by atoms with E-state index >= 15 is 0 Å². The average Bonchev–Trinajstić information content (AvgIpc) is 2.96. The van der Waals surface area contributed by atoms with Crippen molar-refractivity contribution in [2.24, 2.45) is 5.41 Å². The highest BCUT2D eigenvalue weighted by Crippen LogP contribution is 2.45. The molecule has 0 radical (unpaired) electrons. The van der Waals surface area contributed by atoms with Gasteiger partial charge in [0.05, 0.1) is 11.6 Å². The Hall–Kier alpha value is -1.52. The monoisotopic (exact) mass is 465 g/mol. The number of benzene rings is 2. The summed E-state index contributed by atoms with van der Waals surface area (Å²) in [6.45, 7) is 8.26. The molecular formula is C23H22Cl3NOS. The van der Waals surface area contributed by atoms with Crippen molar-refractivity contribution in [2.75, 3.05) is 0 Å². The summed E-state index contributed by atoms with van der Waals surface area (Å²) >= 11 is 20.4. The van der Waals surface area contributed by atoms with Crippen molar-refractivity contribution in [1.29, 1.82) is 0 Å². The second-order valence-corrected chi connectivity index (χ2v) is 10.3. The summed E-state index contributed by atoms with van der Waals surface area (Å²) in [5.41, 5.74) is 3.75. The lowest BCUT2D eigenvalue weighted by atomic mass is 9.95. The van der Waals surface area contributed by atoms with Crippen LogP contribution < -0.4 is 5.32 Å². The molecular weight excluding hydrogens is 445 g/mol. The predicted octanol–water partition coefficient (Wildman–Crippen LogP) is 8.01. The van der Waals surface area contributed by atoms with E-state index in [9.17, 15) is 4.79 Å². The minimum Gasteiger partial charge on any atom is -0.351 e. The lowest BCUT2D eigenvalue weighted by Crippen LogP contribution is -2.34. The summed E-state index contributed by atoms with van der Waals surface area (Å²) < 4.78 is 0. The fourth-order valence-electron chi connectivity index (χ4n) is 2.98. The van der Waals surface area contributed by atoms with Crippen molar-refractivity contribution in [1.82, 2.24) is 5.32 Å². The highest BCUT2D eigenvalue weighted by atomic mass is 35.5. The third-order valence-electron chi connectivity index (χ3n) is 4.64. The van der Waals surface area contributed by atoms with Gasteiger partial charge in [0.2, 0.25) is 5.91 Å². The number of carbonyl (C=O) groups is 1. The van der Waals surface area contributed by atoms with E-state index in [1.807, 2.05) is 57.2 Å². The van der Waals surface area contributed by atoms with Gasteiger partial charge in [0, 0.05) is 36.3 Å². The fourth-order valence-corrected chi connectivity index (χ4v) is 4.97. The maximum absolute atomic E-state index is 12.4. The Kier molecular flexibility index (Phi) is 6.64. The van der Waals surface area contributed by atoms with Crippen LogP contribution in [0.2, 0.25) is 15.1 Å². The van der Waals surface area contributed by atoms with Crippen LogP contribution in [0.3, 0.4) is 0 Å². The standard InChI is InChI=1S/C23H22Cl3NOS/c1-13-19(12-27-22(28)23(2,3)4)29-21(17-10-9-16(25)11-18(17)26)20(13)14-5-7-15(24)8-6-14/h5-11H,12H2,1-4H3,(H,27,28). The van der Waals surface area contributed by atoms with Crippen molar-refractivity contribution in [3.63, 3.8) is 0 Å². The molecule has 1 heterocycles. The molecule has 3 aromatic rings. The van der Waals surface area contributed by atoms with Gasteiger partial charge in [-0.2, -0.15) is 0 Å². The largest absolute Gasteiger partial charge is 0.351 e. The molecule has 0 aliphatic heterocycles. The SMILES string of the molecule is Cc1c(CNC(=O)C(C)(C)C)sc(-c2ccc(Cl)cc2Cl)c1-c1ccc(Cl)cc1. The van der Waals surface area contributed by atoms with Crippen LogP contribution in [0.4, 0.5) is 0 Å². The molecule has 1 aromatic heterocycles. The number of hydrogen-bond donors (Lipinski definition) is 1. The molecule has 2 nitrogen and oxygen atoms in total. The van der Waals surface area contributed by atoms with Gasteiger partial charge in [0.15, 0.2) is 0 Å². The molecule has 0 bridgehead atoms. The number of rotatable bonds is 4. The molecule has 0 aliphatic rings. The summed E-state index contributed by atoms with van der Waals surface area (Å²) in [7, 11) is 0. The molecule has 0 saturated heterocycles. The maximum atomic E-state index is 12.4. The van der Waals surface area contributed by atoms with Gasteiger partial charge in [0.25, 0.3) is 0 Å². The zero-order chi connectivity index (χ0) is 21.3. The molecule has 0 atom stereocenters. The number of carbonyl (C=O) groups excluding carboxylic acids is 1. The van der Waals surface area contributed by atoms with Crippen molar-refractivity contribution >= 4 is 52.0 Å². The van der Waals surface area contributed by atoms with Gasteiger partial charge in [-0.25, -0.2) is 0 Å². The Balaban J connectivity index is 2.10. The van der Waals surface area contributed by atoms with Crippen LogP contribution in [0.5, 0.6) is 0 Å². The van der Waals surface area contributed by atoms with E-state index in [2.05, 4.69) is 12.2 Å². The molecule has 29 heavy (non-hydrogen) atoms. The summed E-state index contributed by atoms with van der Waals surface area (Å²) in [5, 5.41) is 4.93. The van der Waals surface area contributed by atoms with Crippen LogP contribution >= 0.6 is 46.1 Å². The van der Waals surface area contributed by atoms with Crippen molar-refractivity contribution in [2.45, 2.75) is 34.2 Å². The van der Waals surface area contributed by atoms with E-state index in [0.717, 1.165) is 32.0 Å². The number of halogens is 3. The van der Waals surface area contributed by atoms with Crippen LogP contribution in [0.15, 0.2) is 42.5 Å². The van der Waals surface area contributed by atoms with Crippen molar-refractivity contribution in [3.8, 4) is 21.6 Å². The minimum absolute atomic E-state index is 0.0180. The zero-order valence-corrected chi connectivity index (χ0v) is 19.8. The summed E-state index contributed by atoms with van der Waals surface area (Å²) in [6.07, 6.45) is 0. The van der Waals surface area contributed by atoms with Gasteiger partial charge in [-0.05, 0) is 42.3 Å². The molecule has 0 fully saturated rings. The van der Waals surface area contributed by atoms with Crippen molar-refractivity contribution < 1.29 is 4.79 Å². The zero-order valence-electron chi connectivity index (χ0n) is 16.7. The Morgan fingerprint density at radius 2 is 1.62 bits per heavy atom. The lowest BCUT2D eigenvalue weighted by Gasteiger charge is -2.17. The molecule has 0 aliphatic carbocycles. The van der Waals surface area contributed by atoms with Crippen LogP contribution in [-0.2, 0) is 11.3 Å². The number of thiophene rings is 1. The van der Waals surface area contributed by atoms with Crippen molar-refractivity contribution in [3.05, 3.63) is 68.0 Å². The average molecular weight is 467 g/mol. The first-order valence-corrected chi connectivity index (χ1v) is 11.1.